The number of benzodiazepines with no additional fused rings is 1. The van der Waals surface area contributed by atoms with Crippen molar-refractivity contribution in [2.24, 2.45) is 10.7 Å². The Bertz CT molecular complexity index is 1960. The number of carbonyl (C=O) groups is 3. The third-order valence-corrected chi connectivity index (χ3v) is 6.82. The summed E-state index contributed by atoms with van der Waals surface area (Å²) in [6, 6.07) is 18.8. The number of ether oxygens (including phenoxy) is 1. The number of nitrogens with two attached hydrogens (primary N) is 1. The van der Waals surface area contributed by atoms with Gasteiger partial charge in [-0.05, 0) is 29.8 Å². The van der Waals surface area contributed by atoms with Gasteiger partial charge in [-0.25, -0.2) is 23.3 Å². The quantitative estimate of drug-likeness (QED) is 0.244. The average Bonchev–Trinajstić information content (AvgIpc) is 3.36. The molecule has 0 unspecified atom stereocenters. The minimum atomic E-state index is -1.50. The lowest BCUT2D eigenvalue weighted by molar-refractivity contribution is -0.143. The van der Waals surface area contributed by atoms with Crippen molar-refractivity contribution in [3.8, 4) is 11.3 Å². The number of para-hydroxylation sites is 1. The third-order valence-electron chi connectivity index (χ3n) is 6.82. The van der Waals surface area contributed by atoms with Gasteiger partial charge in [-0.3, -0.25) is 14.4 Å². The topological polar surface area (TPSA) is 153 Å². The zero-order valence-electron chi connectivity index (χ0n) is 22.8. The highest BCUT2D eigenvalue weighted by atomic mass is 19.1. The number of hydrogen-bond acceptors (Lipinski definition) is 8. The molecule has 3 aromatic carbocycles. The van der Waals surface area contributed by atoms with E-state index in [2.05, 4.69) is 25.7 Å². The summed E-state index contributed by atoms with van der Waals surface area (Å²) in [5.74, 6) is -3.67. The molecule has 2 amide bonds. The van der Waals surface area contributed by atoms with Crippen LogP contribution in [0.15, 0.2) is 90.2 Å². The Kier molecular flexibility index (Phi) is 7.60. The molecule has 0 bridgehead atoms. The average molecular weight is 596 g/mol. The van der Waals surface area contributed by atoms with E-state index in [0.717, 1.165) is 6.07 Å². The number of nitrogens with zero attached hydrogens (tertiary/aromatic N) is 4. The fraction of sp³-hybridized carbons (Fsp3) is 0.0968. The Morgan fingerprint density at radius 1 is 1.00 bits per heavy atom. The van der Waals surface area contributed by atoms with Gasteiger partial charge in [0, 0.05) is 29.1 Å². The molecule has 220 valence electrons. The summed E-state index contributed by atoms with van der Waals surface area (Å²) in [6.45, 7) is -0.515. The first kappa shape index (κ1) is 28.3. The molecule has 0 saturated heterocycles. The number of hydrogen-bond donors (Lipinski definition) is 3. The first-order valence-electron chi connectivity index (χ1n) is 13.4. The number of rotatable bonds is 7. The predicted molar refractivity (Wildman–Crippen MR) is 156 cm³/mol. The van der Waals surface area contributed by atoms with Gasteiger partial charge in [0.25, 0.3) is 11.8 Å². The van der Waals surface area contributed by atoms with Gasteiger partial charge in [0.05, 0.1) is 17.9 Å². The Labute approximate surface area is 248 Å². The lowest BCUT2D eigenvalue weighted by Gasteiger charge is -2.14. The van der Waals surface area contributed by atoms with Crippen molar-refractivity contribution in [1.82, 2.24) is 19.9 Å². The van der Waals surface area contributed by atoms with Crippen LogP contribution in [0.2, 0.25) is 0 Å². The van der Waals surface area contributed by atoms with Crippen LogP contribution in [0.3, 0.4) is 0 Å². The van der Waals surface area contributed by atoms with Crippen LogP contribution in [0.1, 0.15) is 27.0 Å². The number of benzene rings is 3. The molecule has 0 saturated carbocycles. The number of aliphatic imine (C=N–C) groups is 1. The van der Waals surface area contributed by atoms with Gasteiger partial charge in [-0.15, -0.1) is 0 Å². The zero-order chi connectivity index (χ0) is 30.8. The number of halogens is 2. The second kappa shape index (κ2) is 11.8. The van der Waals surface area contributed by atoms with E-state index in [1.54, 1.807) is 42.5 Å². The highest BCUT2D eigenvalue weighted by Gasteiger charge is 2.32. The maximum Gasteiger partial charge on any atom is 0.320 e. The van der Waals surface area contributed by atoms with E-state index in [4.69, 9.17) is 10.5 Å². The van der Waals surface area contributed by atoms with E-state index in [9.17, 15) is 18.8 Å². The van der Waals surface area contributed by atoms with Crippen molar-refractivity contribution < 1.29 is 27.9 Å². The van der Waals surface area contributed by atoms with Crippen LogP contribution < -0.4 is 16.4 Å². The number of esters is 1. The molecule has 1 atom stereocenters. The van der Waals surface area contributed by atoms with Crippen LogP contribution in [0.4, 0.5) is 14.5 Å². The van der Waals surface area contributed by atoms with E-state index in [1.807, 2.05) is 0 Å². The maximum atomic E-state index is 15.4. The summed E-state index contributed by atoms with van der Waals surface area (Å²) in [4.78, 5) is 47.4. The number of anilines is 1. The molecule has 4 N–H and O–H groups in total. The van der Waals surface area contributed by atoms with Crippen LogP contribution >= 0.6 is 0 Å². The zero-order valence-corrected chi connectivity index (χ0v) is 22.8. The second-order valence-electron chi connectivity index (χ2n) is 9.66. The Balaban J connectivity index is 1.39. The fourth-order valence-electron chi connectivity index (χ4n) is 4.77. The van der Waals surface area contributed by atoms with E-state index < -0.39 is 35.6 Å². The Morgan fingerprint density at radius 2 is 1.82 bits per heavy atom. The van der Waals surface area contributed by atoms with Crippen molar-refractivity contribution >= 4 is 34.8 Å². The molecule has 0 aliphatic carbocycles. The normalized spacial score (nSPS) is 14.3. The lowest BCUT2D eigenvalue weighted by atomic mass is 10.0. The fourth-order valence-corrected chi connectivity index (χ4v) is 4.77. The molecule has 2 aromatic heterocycles. The molecule has 0 spiro atoms. The van der Waals surface area contributed by atoms with Crippen molar-refractivity contribution in [3.63, 3.8) is 0 Å². The SMILES string of the molecule is NCC(=O)OCc1ccc(-c2nn3cccnc3c2C(=O)N[C@H]2N=C(c3ccccc3)c3cccc(F)c3NC2=O)c(F)c1. The van der Waals surface area contributed by atoms with Gasteiger partial charge >= 0.3 is 5.97 Å². The van der Waals surface area contributed by atoms with Crippen LogP contribution in [0.25, 0.3) is 16.9 Å². The minimum Gasteiger partial charge on any atom is -0.460 e. The molecule has 44 heavy (non-hydrogen) atoms. The molecule has 1 aliphatic rings. The molecular weight excluding hydrogens is 572 g/mol. The predicted octanol–water partition coefficient (Wildman–Crippen LogP) is 3.22. The molecule has 5 aromatic rings. The van der Waals surface area contributed by atoms with Gasteiger partial charge in [0.2, 0.25) is 6.17 Å². The van der Waals surface area contributed by atoms with Crippen molar-refractivity contribution in [2.45, 2.75) is 12.8 Å². The monoisotopic (exact) mass is 595 g/mol. The number of amides is 2. The molecule has 1 aliphatic heterocycles. The first-order valence-corrected chi connectivity index (χ1v) is 13.4. The van der Waals surface area contributed by atoms with E-state index >= 15 is 4.39 Å². The van der Waals surface area contributed by atoms with Crippen molar-refractivity contribution in [3.05, 3.63) is 119 Å². The summed E-state index contributed by atoms with van der Waals surface area (Å²) in [5, 5.41) is 9.51. The molecule has 0 fully saturated rings. The summed E-state index contributed by atoms with van der Waals surface area (Å²) >= 11 is 0. The van der Waals surface area contributed by atoms with Crippen LogP contribution in [0.5, 0.6) is 0 Å². The standard InChI is InChI=1S/C31H23F2N7O4/c32-21-9-4-8-20-25(18-6-2-1-3-7-18)36-28(31(43)37-26(20)21)38-30(42)24-27(39-40-13-5-12-35-29(24)40)19-11-10-17(14-22(19)33)16-44-23(41)15-34/h1-14,28H,15-16,34H2,(H,37,43)(H,38,42)/t28-/m1/s1. The van der Waals surface area contributed by atoms with E-state index in [1.165, 1.54) is 41.2 Å². The van der Waals surface area contributed by atoms with E-state index in [0.29, 0.717) is 16.7 Å². The van der Waals surface area contributed by atoms with Crippen LogP contribution in [0, 0.1) is 11.6 Å². The maximum absolute atomic E-state index is 15.4. The van der Waals surface area contributed by atoms with Gasteiger partial charge in [-0.2, -0.15) is 5.10 Å². The molecule has 6 rings (SSSR count). The molecule has 11 nitrogen and oxygen atoms in total. The number of nitrogens with one attached hydrogen (secondary N) is 2. The minimum absolute atomic E-state index is 0.0391. The third kappa shape index (κ3) is 5.39. The van der Waals surface area contributed by atoms with Gasteiger partial charge in [0.1, 0.15) is 29.5 Å². The molecule has 3 heterocycles. The number of aromatic nitrogens is 3. The summed E-state index contributed by atoms with van der Waals surface area (Å²) in [6.07, 6.45) is 1.47. The number of fused-ring (bicyclic) bond motifs is 2. The highest BCUT2D eigenvalue weighted by Crippen LogP contribution is 2.30. The smallest absolute Gasteiger partial charge is 0.320 e. The largest absolute Gasteiger partial charge is 0.460 e. The van der Waals surface area contributed by atoms with Crippen molar-refractivity contribution in [2.75, 3.05) is 11.9 Å². The second-order valence-corrected chi connectivity index (χ2v) is 9.66. The van der Waals surface area contributed by atoms with Gasteiger partial charge in [-0.1, -0.05) is 48.5 Å². The van der Waals surface area contributed by atoms with Crippen LogP contribution in [-0.4, -0.2) is 50.8 Å². The molecular formula is C31H23F2N7O4. The highest BCUT2D eigenvalue weighted by molar-refractivity contribution is 6.20. The Morgan fingerprint density at radius 3 is 2.59 bits per heavy atom. The van der Waals surface area contributed by atoms with Crippen molar-refractivity contribution in [1.29, 1.82) is 0 Å². The van der Waals surface area contributed by atoms with Gasteiger partial charge < -0.3 is 21.1 Å². The summed E-state index contributed by atoms with van der Waals surface area (Å²) < 4.78 is 36.6. The van der Waals surface area contributed by atoms with E-state index in [-0.39, 0.29) is 47.0 Å². The number of carbonyl (C=O) groups excluding carboxylic acids is 3. The van der Waals surface area contributed by atoms with Crippen LogP contribution in [-0.2, 0) is 20.9 Å². The molecule has 0 radical (unpaired) electrons. The summed E-state index contributed by atoms with van der Waals surface area (Å²) in [7, 11) is 0. The van der Waals surface area contributed by atoms with Gasteiger partial charge in [0.15, 0.2) is 5.65 Å². The lowest BCUT2D eigenvalue weighted by Crippen LogP contribution is -2.42. The molecule has 13 heteroatoms. The first-order chi connectivity index (χ1) is 21.3. The Hall–Kier alpha value is -5.82. The summed E-state index contributed by atoms with van der Waals surface area (Å²) in [5.41, 5.74) is 6.60.